The Bertz CT molecular complexity index is 941. The van der Waals surface area contributed by atoms with Crippen LogP contribution in [0, 0.1) is 0 Å². The van der Waals surface area contributed by atoms with Gasteiger partial charge in [-0.15, -0.1) is 0 Å². The molecule has 0 fully saturated rings. The van der Waals surface area contributed by atoms with Crippen molar-refractivity contribution in [1.29, 1.82) is 0 Å². The summed E-state index contributed by atoms with van der Waals surface area (Å²) in [5.41, 5.74) is 2.78. The minimum atomic E-state index is -0.905. The highest BCUT2D eigenvalue weighted by Crippen LogP contribution is 2.38. The van der Waals surface area contributed by atoms with E-state index in [2.05, 4.69) is 10.3 Å². The van der Waals surface area contributed by atoms with Crippen molar-refractivity contribution in [2.45, 2.75) is 19.0 Å². The highest BCUT2D eigenvalue weighted by molar-refractivity contribution is 5.84. The van der Waals surface area contributed by atoms with Crippen LogP contribution in [0.3, 0.4) is 0 Å². The maximum absolute atomic E-state index is 11.8. The summed E-state index contributed by atoms with van der Waals surface area (Å²) < 4.78 is 16.0. The Morgan fingerprint density at radius 2 is 1.79 bits per heavy atom. The third-order valence-corrected chi connectivity index (χ3v) is 4.67. The average molecular weight is 384 g/mol. The molecular weight excluding hydrogens is 360 g/mol. The summed E-state index contributed by atoms with van der Waals surface area (Å²) in [4.78, 5) is 15.0. The van der Waals surface area contributed by atoms with Gasteiger partial charge in [0.05, 0.1) is 21.3 Å². The van der Waals surface area contributed by atoms with Gasteiger partial charge in [-0.25, -0.2) is 0 Å². The van der Waals surface area contributed by atoms with E-state index in [4.69, 9.17) is 14.2 Å². The quantitative estimate of drug-likeness (QED) is 0.525. The van der Waals surface area contributed by atoms with Crippen molar-refractivity contribution in [2.75, 3.05) is 21.3 Å². The number of methoxy groups -OCH3 is 3. The van der Waals surface area contributed by atoms with E-state index in [-0.39, 0.29) is 0 Å². The van der Waals surface area contributed by atoms with Gasteiger partial charge >= 0.3 is 5.97 Å². The highest BCUT2D eigenvalue weighted by atomic mass is 16.5. The summed E-state index contributed by atoms with van der Waals surface area (Å²) in [5.74, 6) is 0.657. The average Bonchev–Trinajstić information content (AvgIpc) is 3.12. The number of hydrogen-bond acceptors (Lipinski definition) is 5. The van der Waals surface area contributed by atoms with Crippen LogP contribution in [0.25, 0.3) is 10.9 Å². The lowest BCUT2D eigenvalue weighted by molar-refractivity contribution is -0.139. The van der Waals surface area contributed by atoms with Gasteiger partial charge in [0, 0.05) is 30.1 Å². The molecule has 0 radical (unpaired) electrons. The molecule has 28 heavy (non-hydrogen) atoms. The maximum atomic E-state index is 11.8. The Hall–Kier alpha value is -3.19. The SMILES string of the molecule is COc1cc(CNC(Cc2c[nH]c3ccccc23)C(=O)O)cc(OC)c1OC. The second-order valence-corrected chi connectivity index (χ2v) is 6.37. The maximum Gasteiger partial charge on any atom is 0.321 e. The van der Waals surface area contributed by atoms with Crippen molar-refractivity contribution in [3.63, 3.8) is 0 Å². The fourth-order valence-corrected chi connectivity index (χ4v) is 3.25. The summed E-state index contributed by atoms with van der Waals surface area (Å²) >= 11 is 0. The van der Waals surface area contributed by atoms with Crippen molar-refractivity contribution in [3.05, 3.63) is 53.7 Å². The fourth-order valence-electron chi connectivity index (χ4n) is 3.25. The van der Waals surface area contributed by atoms with Crippen LogP contribution in [0.5, 0.6) is 17.2 Å². The van der Waals surface area contributed by atoms with E-state index < -0.39 is 12.0 Å². The third-order valence-electron chi connectivity index (χ3n) is 4.67. The zero-order chi connectivity index (χ0) is 20.1. The molecule has 1 atom stereocenters. The number of ether oxygens (including phenoxy) is 3. The summed E-state index contributed by atoms with van der Waals surface area (Å²) in [6.07, 6.45) is 2.23. The Morgan fingerprint density at radius 1 is 1.11 bits per heavy atom. The molecular formula is C21H24N2O5. The second kappa shape index (κ2) is 8.67. The van der Waals surface area contributed by atoms with E-state index in [0.29, 0.717) is 30.2 Å². The summed E-state index contributed by atoms with van der Waals surface area (Å²) in [6, 6.07) is 10.7. The van der Waals surface area contributed by atoms with Crippen molar-refractivity contribution in [2.24, 2.45) is 0 Å². The highest BCUT2D eigenvalue weighted by Gasteiger charge is 2.20. The second-order valence-electron chi connectivity index (χ2n) is 6.37. The summed E-state index contributed by atoms with van der Waals surface area (Å²) in [6.45, 7) is 0.343. The molecule has 2 aromatic carbocycles. The molecule has 0 aliphatic heterocycles. The van der Waals surface area contributed by atoms with Gasteiger partial charge in [0.2, 0.25) is 5.75 Å². The first-order chi connectivity index (χ1) is 13.6. The lowest BCUT2D eigenvalue weighted by Gasteiger charge is -2.17. The molecule has 0 spiro atoms. The topological polar surface area (TPSA) is 92.8 Å². The molecule has 7 heteroatoms. The van der Waals surface area contributed by atoms with E-state index in [0.717, 1.165) is 22.0 Å². The first kappa shape index (κ1) is 19.6. The first-order valence-electron chi connectivity index (χ1n) is 8.87. The predicted octanol–water partition coefficient (Wildman–Crippen LogP) is 2.98. The molecule has 0 bridgehead atoms. The summed E-state index contributed by atoms with van der Waals surface area (Å²) in [5, 5.41) is 13.8. The lowest BCUT2D eigenvalue weighted by Crippen LogP contribution is -2.38. The molecule has 148 valence electrons. The smallest absolute Gasteiger partial charge is 0.321 e. The van der Waals surface area contributed by atoms with Crippen molar-refractivity contribution >= 4 is 16.9 Å². The molecule has 0 saturated heterocycles. The molecule has 0 saturated carbocycles. The lowest BCUT2D eigenvalue weighted by atomic mass is 10.0. The summed E-state index contributed by atoms with van der Waals surface area (Å²) in [7, 11) is 4.64. The van der Waals surface area contributed by atoms with Gasteiger partial charge in [0.25, 0.3) is 0 Å². The zero-order valence-electron chi connectivity index (χ0n) is 16.1. The van der Waals surface area contributed by atoms with Crippen LogP contribution in [-0.2, 0) is 17.8 Å². The van der Waals surface area contributed by atoms with Crippen LogP contribution in [0.2, 0.25) is 0 Å². The molecule has 1 aromatic heterocycles. The van der Waals surface area contributed by atoms with Gasteiger partial charge in [0.15, 0.2) is 11.5 Å². The van der Waals surface area contributed by atoms with E-state index in [9.17, 15) is 9.90 Å². The number of hydrogen-bond donors (Lipinski definition) is 3. The molecule has 3 N–H and O–H groups in total. The number of carboxylic acid groups (broad SMARTS) is 1. The molecule has 0 amide bonds. The number of rotatable bonds is 9. The van der Waals surface area contributed by atoms with Crippen LogP contribution in [0.4, 0.5) is 0 Å². The minimum Gasteiger partial charge on any atom is -0.493 e. The van der Waals surface area contributed by atoms with E-state index >= 15 is 0 Å². The number of nitrogens with one attached hydrogen (secondary N) is 2. The third kappa shape index (κ3) is 4.04. The minimum absolute atomic E-state index is 0.343. The van der Waals surface area contributed by atoms with Gasteiger partial charge in [0.1, 0.15) is 6.04 Å². The van der Waals surface area contributed by atoms with E-state index in [1.807, 2.05) is 30.5 Å². The van der Waals surface area contributed by atoms with Crippen molar-refractivity contribution in [1.82, 2.24) is 10.3 Å². The molecule has 0 aliphatic rings. The van der Waals surface area contributed by atoms with Gasteiger partial charge in [-0.1, -0.05) is 18.2 Å². The number of carboxylic acids is 1. The number of fused-ring (bicyclic) bond motifs is 1. The molecule has 1 heterocycles. The van der Waals surface area contributed by atoms with Crippen LogP contribution >= 0.6 is 0 Å². The number of benzene rings is 2. The standard InChI is InChI=1S/C21H24N2O5/c1-26-18-8-13(9-19(27-2)20(18)28-3)11-22-17(21(24)25)10-14-12-23-16-7-5-4-6-15(14)16/h4-9,12,17,22-23H,10-11H2,1-3H3,(H,24,25). The Balaban J connectivity index is 1.78. The van der Waals surface area contributed by atoms with E-state index in [1.54, 1.807) is 33.5 Å². The van der Waals surface area contributed by atoms with Gasteiger partial charge in [-0.2, -0.15) is 0 Å². The number of carbonyl (C=O) groups is 1. The molecule has 3 aromatic rings. The van der Waals surface area contributed by atoms with Crippen LogP contribution in [0.15, 0.2) is 42.6 Å². The number of aliphatic carboxylic acids is 1. The Morgan fingerprint density at radius 3 is 2.39 bits per heavy atom. The first-order valence-corrected chi connectivity index (χ1v) is 8.87. The van der Waals surface area contributed by atoms with E-state index in [1.165, 1.54) is 0 Å². The number of H-pyrrole nitrogens is 1. The van der Waals surface area contributed by atoms with Crippen LogP contribution in [0.1, 0.15) is 11.1 Å². The predicted molar refractivity (Wildman–Crippen MR) is 106 cm³/mol. The van der Waals surface area contributed by atoms with Crippen molar-refractivity contribution in [3.8, 4) is 17.2 Å². The zero-order valence-corrected chi connectivity index (χ0v) is 16.1. The number of aromatic amines is 1. The molecule has 0 aliphatic carbocycles. The molecule has 1 unspecified atom stereocenters. The van der Waals surface area contributed by atoms with Gasteiger partial charge in [-0.05, 0) is 29.3 Å². The number of aromatic nitrogens is 1. The van der Waals surface area contributed by atoms with Gasteiger partial charge < -0.3 is 29.6 Å². The fraction of sp³-hybridized carbons (Fsp3) is 0.286. The normalized spacial score (nSPS) is 12.0. The Labute approximate surface area is 163 Å². The van der Waals surface area contributed by atoms with Gasteiger partial charge in [-0.3, -0.25) is 4.79 Å². The number of para-hydroxylation sites is 1. The van der Waals surface area contributed by atoms with Crippen LogP contribution in [-0.4, -0.2) is 43.4 Å². The largest absolute Gasteiger partial charge is 0.493 e. The Kier molecular flexibility index (Phi) is 6.06. The molecule has 7 nitrogen and oxygen atoms in total. The van der Waals surface area contributed by atoms with Crippen LogP contribution < -0.4 is 19.5 Å². The van der Waals surface area contributed by atoms with Crippen molar-refractivity contribution < 1.29 is 24.1 Å². The molecule has 3 rings (SSSR count). The monoisotopic (exact) mass is 384 g/mol.